The van der Waals surface area contributed by atoms with E-state index in [-0.39, 0.29) is 0 Å². The molecular weight excluding hydrogens is 791 g/mol. The first-order chi connectivity index (χ1) is 31.8. The Labute approximate surface area is 372 Å². The van der Waals surface area contributed by atoms with Gasteiger partial charge >= 0.3 is 0 Å². The molecule has 64 heavy (non-hydrogen) atoms. The molecule has 0 saturated heterocycles. The second kappa shape index (κ2) is 14.5. The second-order valence-corrected chi connectivity index (χ2v) is 20.7. The molecule has 300 valence electrons. The van der Waals surface area contributed by atoms with E-state index in [4.69, 9.17) is 0 Å². The second-order valence-electron chi connectivity index (χ2n) is 16.9. The molecule has 0 radical (unpaired) electrons. The molecule has 3 heterocycles. The lowest BCUT2D eigenvalue weighted by Gasteiger charge is -2.34. The minimum Gasteiger partial charge on any atom is -0.309 e. The largest absolute Gasteiger partial charge is 0.309 e. The molecule has 0 aliphatic heterocycles. The van der Waals surface area contributed by atoms with Crippen molar-refractivity contribution in [1.29, 1.82) is 0 Å². The van der Waals surface area contributed by atoms with Gasteiger partial charge in [0, 0.05) is 49.4 Å². The Kier molecular flexibility index (Phi) is 8.23. The van der Waals surface area contributed by atoms with E-state index in [2.05, 4.69) is 262 Å². The summed E-state index contributed by atoms with van der Waals surface area (Å²) >= 11 is 0. The Morgan fingerprint density at radius 2 is 0.516 bits per heavy atom. The van der Waals surface area contributed by atoms with Gasteiger partial charge in [0.15, 0.2) is 8.07 Å². The predicted octanol–water partition coefficient (Wildman–Crippen LogP) is 12.4. The zero-order chi connectivity index (χ0) is 42.2. The fraction of sp³-hybridized carbons (Fsp3) is 0. The number of hydrogen-bond acceptors (Lipinski definition) is 0. The van der Waals surface area contributed by atoms with Crippen molar-refractivity contribution in [1.82, 2.24) is 13.7 Å². The number of para-hydroxylation sites is 4. The fourth-order valence-corrected chi connectivity index (χ4v) is 15.6. The molecule has 0 fully saturated rings. The maximum Gasteiger partial charge on any atom is 0.179 e. The van der Waals surface area contributed by atoms with Gasteiger partial charge in [0.25, 0.3) is 0 Å². The van der Waals surface area contributed by atoms with Gasteiger partial charge in [0.2, 0.25) is 0 Å². The van der Waals surface area contributed by atoms with E-state index in [1.807, 2.05) is 0 Å². The maximum atomic E-state index is 2.54. The van der Waals surface area contributed by atoms with E-state index in [9.17, 15) is 0 Å². The average molecular weight is 832 g/mol. The maximum absolute atomic E-state index is 2.85. The van der Waals surface area contributed by atoms with E-state index < -0.39 is 8.07 Å². The van der Waals surface area contributed by atoms with Crippen LogP contribution in [0.4, 0.5) is 0 Å². The minimum absolute atomic E-state index is 1.12. The highest BCUT2D eigenvalue weighted by atomic mass is 28.3. The van der Waals surface area contributed by atoms with E-state index >= 15 is 0 Å². The molecule has 13 aromatic rings. The molecule has 3 nitrogen and oxygen atoms in total. The number of rotatable bonds is 7. The van der Waals surface area contributed by atoms with Gasteiger partial charge in [0.05, 0.1) is 33.1 Å². The first-order valence-corrected chi connectivity index (χ1v) is 24.1. The molecule has 0 aliphatic rings. The van der Waals surface area contributed by atoms with Gasteiger partial charge < -0.3 is 13.7 Å². The van der Waals surface area contributed by atoms with Gasteiger partial charge in [-0.2, -0.15) is 0 Å². The van der Waals surface area contributed by atoms with Gasteiger partial charge in [-0.3, -0.25) is 0 Å². The van der Waals surface area contributed by atoms with Gasteiger partial charge in [-0.05, 0) is 81.4 Å². The molecule has 3 aromatic heterocycles. The quantitative estimate of drug-likeness (QED) is 0.112. The van der Waals surface area contributed by atoms with Gasteiger partial charge in [0.1, 0.15) is 0 Å². The normalized spacial score (nSPS) is 12.1. The molecule has 0 atom stereocenters. The summed E-state index contributed by atoms with van der Waals surface area (Å²) in [5, 5.41) is 12.9. The van der Waals surface area contributed by atoms with Crippen molar-refractivity contribution in [2.24, 2.45) is 0 Å². The Hall–Kier alpha value is -8.18. The van der Waals surface area contributed by atoms with Crippen LogP contribution in [0.1, 0.15) is 0 Å². The third kappa shape index (κ3) is 5.33. The smallest absolute Gasteiger partial charge is 0.179 e. The van der Waals surface area contributed by atoms with Crippen LogP contribution in [-0.2, 0) is 0 Å². The van der Waals surface area contributed by atoms with E-state index in [0.717, 1.165) is 17.1 Å². The zero-order valence-corrected chi connectivity index (χ0v) is 36.0. The Morgan fingerprint density at radius 3 is 0.953 bits per heavy atom. The molecule has 0 N–H and O–H groups in total. The Balaban J connectivity index is 1.16. The van der Waals surface area contributed by atoms with Crippen molar-refractivity contribution in [2.45, 2.75) is 0 Å². The highest BCUT2D eigenvalue weighted by molar-refractivity contribution is 7.20. The summed E-state index contributed by atoms with van der Waals surface area (Å²) in [5.74, 6) is 0. The summed E-state index contributed by atoms with van der Waals surface area (Å²) in [5.41, 5.74) is 10.5. The van der Waals surface area contributed by atoms with Gasteiger partial charge in [-0.15, -0.1) is 0 Å². The third-order valence-electron chi connectivity index (χ3n) is 13.6. The molecule has 10 aromatic carbocycles. The number of aromatic nitrogens is 3. The first kappa shape index (κ1) is 36.5. The third-order valence-corrected chi connectivity index (χ3v) is 18.3. The minimum atomic E-state index is -2.85. The van der Waals surface area contributed by atoms with E-state index in [1.54, 1.807) is 0 Å². The SMILES string of the molecule is c1ccc(-n2c3ccccc3c3ccc(-n4c5cc(-n6c7ccccc7c7ccccc76)ccc5c5ccc([Si](c6ccccc6)(c6ccccc6)c6ccccc6)cc54)cc32)cc1. The van der Waals surface area contributed by atoms with E-state index in [1.165, 1.54) is 86.2 Å². The van der Waals surface area contributed by atoms with Crippen LogP contribution >= 0.6 is 0 Å². The lowest BCUT2D eigenvalue weighted by atomic mass is 10.1. The number of nitrogens with zero attached hydrogens (tertiary/aromatic N) is 3. The molecule has 0 aliphatic carbocycles. The lowest BCUT2D eigenvalue weighted by Crippen LogP contribution is -2.74. The summed E-state index contributed by atoms with van der Waals surface area (Å²) in [6.45, 7) is 0. The van der Waals surface area contributed by atoms with E-state index in [0.29, 0.717) is 0 Å². The Bertz CT molecular complexity index is 3730. The van der Waals surface area contributed by atoms with Crippen LogP contribution in [-0.4, -0.2) is 21.8 Å². The summed E-state index contributed by atoms with van der Waals surface area (Å²) < 4.78 is 7.40. The number of hydrogen-bond donors (Lipinski definition) is 0. The fourth-order valence-electron chi connectivity index (χ4n) is 10.9. The van der Waals surface area contributed by atoms with Crippen LogP contribution < -0.4 is 20.7 Å². The monoisotopic (exact) mass is 831 g/mol. The van der Waals surface area contributed by atoms with Crippen LogP contribution in [0.2, 0.25) is 0 Å². The van der Waals surface area contributed by atoms with Crippen molar-refractivity contribution in [2.75, 3.05) is 0 Å². The van der Waals surface area contributed by atoms with Gasteiger partial charge in [-0.1, -0.05) is 188 Å². The summed E-state index contributed by atoms with van der Waals surface area (Å²) in [6.07, 6.45) is 0. The highest BCUT2D eigenvalue weighted by Crippen LogP contribution is 2.39. The zero-order valence-electron chi connectivity index (χ0n) is 35.0. The van der Waals surface area contributed by atoms with Crippen molar-refractivity contribution in [3.05, 3.63) is 249 Å². The molecule has 0 amide bonds. The lowest BCUT2D eigenvalue weighted by molar-refractivity contribution is 1.14. The first-order valence-electron chi connectivity index (χ1n) is 22.1. The summed E-state index contributed by atoms with van der Waals surface area (Å²) in [4.78, 5) is 0. The molecule has 0 spiro atoms. The van der Waals surface area contributed by atoms with Crippen LogP contribution in [0.25, 0.3) is 82.5 Å². The molecule has 0 bridgehead atoms. The standard InChI is InChI=1S/C60H41N3Si/c1-5-19-42(20-6-1)61-55-30-16-15-29-51(55)52-36-34-44(40-58(52)61)63-59-39-43(62-56-31-17-13-27-49(56)50-28-14-18-32-57(50)62)33-37-53(59)54-38-35-48(41-60(54)63)64(45-21-7-2-8-22-45,46-23-9-3-10-24-46)47-25-11-4-12-26-47/h1-41H. The molecular formula is C60H41N3Si. The highest BCUT2D eigenvalue weighted by Gasteiger charge is 2.41. The molecule has 13 rings (SSSR count). The molecule has 0 unspecified atom stereocenters. The Morgan fingerprint density at radius 1 is 0.203 bits per heavy atom. The van der Waals surface area contributed by atoms with Crippen LogP contribution in [0.5, 0.6) is 0 Å². The van der Waals surface area contributed by atoms with Crippen LogP contribution in [0.15, 0.2) is 249 Å². The van der Waals surface area contributed by atoms with Crippen LogP contribution in [0.3, 0.4) is 0 Å². The molecule has 0 saturated carbocycles. The summed E-state index contributed by atoms with van der Waals surface area (Å²) in [7, 11) is -2.85. The van der Waals surface area contributed by atoms with Crippen molar-refractivity contribution in [3.63, 3.8) is 0 Å². The van der Waals surface area contributed by atoms with Crippen molar-refractivity contribution >= 4 is 94.2 Å². The number of fused-ring (bicyclic) bond motifs is 9. The molecule has 4 heteroatoms. The average Bonchev–Trinajstić information content (AvgIpc) is 4.00. The van der Waals surface area contributed by atoms with Crippen molar-refractivity contribution < 1.29 is 0 Å². The summed E-state index contributed by atoms with van der Waals surface area (Å²) in [6, 6.07) is 92.4. The predicted molar refractivity (Wildman–Crippen MR) is 273 cm³/mol. The van der Waals surface area contributed by atoms with Gasteiger partial charge in [-0.25, -0.2) is 0 Å². The number of benzene rings is 10. The van der Waals surface area contributed by atoms with Crippen LogP contribution in [0, 0.1) is 0 Å². The van der Waals surface area contributed by atoms with Crippen molar-refractivity contribution in [3.8, 4) is 17.1 Å². The topological polar surface area (TPSA) is 14.8 Å².